The van der Waals surface area contributed by atoms with Crippen molar-refractivity contribution in [1.82, 2.24) is 10.2 Å². The van der Waals surface area contributed by atoms with E-state index in [1.54, 1.807) is 11.3 Å². The minimum atomic E-state index is 0.659. The first-order chi connectivity index (χ1) is 5.72. The Balaban J connectivity index is 2.41. The van der Waals surface area contributed by atoms with E-state index in [-0.39, 0.29) is 0 Å². The number of nitrogens with zero attached hydrogens (tertiary/aromatic N) is 2. The number of nitrogens with one attached hydrogen (secondary N) is 1. The molecule has 0 amide bonds. The molecule has 0 aliphatic carbocycles. The lowest BCUT2D eigenvalue weighted by molar-refractivity contribution is 1.03. The molecule has 0 saturated carbocycles. The smallest absolute Gasteiger partial charge is 0.205 e. The molecule has 0 radical (unpaired) electrons. The molecule has 0 aliphatic heterocycles. The zero-order chi connectivity index (χ0) is 8.97. The van der Waals surface area contributed by atoms with Crippen LogP contribution in [0.4, 0.5) is 5.13 Å². The highest BCUT2D eigenvalue weighted by Crippen LogP contribution is 2.21. The van der Waals surface area contributed by atoms with E-state index < -0.39 is 0 Å². The molecule has 0 saturated heterocycles. The van der Waals surface area contributed by atoms with Crippen molar-refractivity contribution in [3.63, 3.8) is 0 Å². The number of aromatic nitrogens is 2. The maximum atomic E-state index is 4.04. The molecule has 0 unspecified atom stereocenters. The summed E-state index contributed by atoms with van der Waals surface area (Å²) >= 11 is 3.51. The molecule has 0 atom stereocenters. The van der Waals surface area contributed by atoms with Crippen molar-refractivity contribution in [1.29, 1.82) is 0 Å². The van der Waals surface area contributed by atoms with Gasteiger partial charge in [-0.1, -0.05) is 25.2 Å². The molecule has 0 spiro atoms. The van der Waals surface area contributed by atoms with Crippen LogP contribution in [0.15, 0.2) is 0 Å². The maximum Gasteiger partial charge on any atom is 0.205 e. The SMILES string of the molecule is CNc1nnc(CSC(C)C)s1. The van der Waals surface area contributed by atoms with Crippen LogP contribution in [0.5, 0.6) is 0 Å². The lowest BCUT2D eigenvalue weighted by Gasteiger charge is -1.99. The van der Waals surface area contributed by atoms with E-state index in [0.717, 1.165) is 15.9 Å². The quantitative estimate of drug-likeness (QED) is 0.814. The van der Waals surface area contributed by atoms with Gasteiger partial charge in [0.2, 0.25) is 5.13 Å². The highest BCUT2D eigenvalue weighted by molar-refractivity contribution is 7.99. The molecule has 1 aromatic rings. The van der Waals surface area contributed by atoms with Crippen LogP contribution in [-0.2, 0) is 5.75 Å². The fourth-order valence-electron chi connectivity index (χ4n) is 0.651. The molecule has 12 heavy (non-hydrogen) atoms. The highest BCUT2D eigenvalue weighted by atomic mass is 32.2. The molecular formula is C7H13N3S2. The fraction of sp³-hybridized carbons (Fsp3) is 0.714. The van der Waals surface area contributed by atoms with Crippen molar-refractivity contribution in [3.05, 3.63) is 5.01 Å². The summed E-state index contributed by atoms with van der Waals surface area (Å²) in [6.07, 6.45) is 0. The Morgan fingerprint density at radius 2 is 2.25 bits per heavy atom. The van der Waals surface area contributed by atoms with Crippen LogP contribution in [0, 0.1) is 0 Å². The van der Waals surface area contributed by atoms with Gasteiger partial charge in [0.15, 0.2) is 0 Å². The number of hydrogen-bond donors (Lipinski definition) is 1. The maximum absolute atomic E-state index is 4.04. The third-order valence-electron chi connectivity index (χ3n) is 1.22. The zero-order valence-electron chi connectivity index (χ0n) is 7.50. The van der Waals surface area contributed by atoms with E-state index in [0.29, 0.717) is 5.25 Å². The minimum Gasteiger partial charge on any atom is -0.363 e. The highest BCUT2D eigenvalue weighted by Gasteiger charge is 2.03. The van der Waals surface area contributed by atoms with Gasteiger partial charge < -0.3 is 5.32 Å². The van der Waals surface area contributed by atoms with Crippen LogP contribution in [-0.4, -0.2) is 22.5 Å². The second-order valence-corrected chi connectivity index (χ2v) is 5.24. The molecule has 68 valence electrons. The zero-order valence-corrected chi connectivity index (χ0v) is 9.13. The standard InChI is InChI=1S/C7H13N3S2/c1-5(2)11-4-6-9-10-7(8-3)12-6/h5H,4H2,1-3H3,(H,8,10). The first-order valence-electron chi connectivity index (χ1n) is 3.84. The third kappa shape index (κ3) is 2.98. The van der Waals surface area contributed by atoms with Gasteiger partial charge in [0.25, 0.3) is 0 Å². The van der Waals surface area contributed by atoms with Gasteiger partial charge in [-0.15, -0.1) is 10.2 Å². The molecule has 0 bridgehead atoms. The van der Waals surface area contributed by atoms with Crippen molar-refractivity contribution in [2.75, 3.05) is 12.4 Å². The van der Waals surface area contributed by atoms with Crippen LogP contribution >= 0.6 is 23.1 Å². The minimum absolute atomic E-state index is 0.659. The lowest BCUT2D eigenvalue weighted by atomic mass is 10.6. The molecule has 1 heterocycles. The average Bonchev–Trinajstić information content (AvgIpc) is 2.48. The topological polar surface area (TPSA) is 37.8 Å². The first kappa shape index (κ1) is 9.80. The fourth-order valence-corrected chi connectivity index (χ4v) is 2.11. The van der Waals surface area contributed by atoms with Gasteiger partial charge in [0.05, 0.1) is 0 Å². The summed E-state index contributed by atoms with van der Waals surface area (Å²) in [5, 5.41) is 13.6. The van der Waals surface area contributed by atoms with Gasteiger partial charge in [-0.05, 0) is 5.25 Å². The average molecular weight is 203 g/mol. The molecule has 1 aromatic heterocycles. The number of thioether (sulfide) groups is 1. The van der Waals surface area contributed by atoms with Crippen LogP contribution < -0.4 is 5.32 Å². The number of hydrogen-bond acceptors (Lipinski definition) is 5. The van der Waals surface area contributed by atoms with Gasteiger partial charge in [-0.2, -0.15) is 11.8 Å². The van der Waals surface area contributed by atoms with Crippen molar-refractivity contribution in [3.8, 4) is 0 Å². The first-order valence-corrected chi connectivity index (χ1v) is 5.70. The Labute approximate surface area is 81.0 Å². The van der Waals surface area contributed by atoms with Crippen LogP contribution in [0.25, 0.3) is 0 Å². The molecule has 0 fully saturated rings. The number of rotatable bonds is 4. The van der Waals surface area contributed by atoms with Gasteiger partial charge >= 0.3 is 0 Å². The van der Waals surface area contributed by atoms with Crippen LogP contribution in [0.1, 0.15) is 18.9 Å². The summed E-state index contributed by atoms with van der Waals surface area (Å²) in [6, 6.07) is 0. The Hall–Kier alpha value is -0.290. The predicted octanol–water partition coefficient (Wildman–Crippen LogP) is 2.22. The van der Waals surface area contributed by atoms with E-state index >= 15 is 0 Å². The van der Waals surface area contributed by atoms with Crippen LogP contribution in [0.3, 0.4) is 0 Å². The predicted molar refractivity (Wildman–Crippen MR) is 55.9 cm³/mol. The van der Waals surface area contributed by atoms with Crippen molar-refractivity contribution in [2.24, 2.45) is 0 Å². The van der Waals surface area contributed by atoms with Gasteiger partial charge in [-0.3, -0.25) is 0 Å². The summed E-state index contributed by atoms with van der Waals surface area (Å²) < 4.78 is 0. The summed E-state index contributed by atoms with van der Waals surface area (Å²) in [6.45, 7) is 4.37. The summed E-state index contributed by atoms with van der Waals surface area (Å²) in [7, 11) is 1.86. The normalized spacial score (nSPS) is 10.7. The third-order valence-corrected chi connectivity index (χ3v) is 3.45. The largest absolute Gasteiger partial charge is 0.363 e. The second-order valence-electron chi connectivity index (χ2n) is 2.61. The lowest BCUT2D eigenvalue weighted by Crippen LogP contribution is -1.88. The van der Waals surface area contributed by atoms with E-state index in [4.69, 9.17) is 0 Å². The molecular weight excluding hydrogens is 190 g/mol. The van der Waals surface area contributed by atoms with E-state index in [9.17, 15) is 0 Å². The van der Waals surface area contributed by atoms with E-state index in [1.807, 2.05) is 18.8 Å². The molecule has 1 N–H and O–H groups in total. The Bertz CT molecular complexity index is 234. The Morgan fingerprint density at radius 1 is 1.50 bits per heavy atom. The van der Waals surface area contributed by atoms with Crippen molar-refractivity contribution >= 4 is 28.2 Å². The summed E-state index contributed by atoms with van der Waals surface area (Å²) in [5.74, 6) is 0.969. The summed E-state index contributed by atoms with van der Waals surface area (Å²) in [5.41, 5.74) is 0. The number of anilines is 1. The Morgan fingerprint density at radius 3 is 2.75 bits per heavy atom. The van der Waals surface area contributed by atoms with Crippen molar-refractivity contribution < 1.29 is 0 Å². The van der Waals surface area contributed by atoms with Gasteiger partial charge in [0.1, 0.15) is 5.01 Å². The van der Waals surface area contributed by atoms with Crippen molar-refractivity contribution in [2.45, 2.75) is 24.9 Å². The van der Waals surface area contributed by atoms with E-state index in [1.165, 1.54) is 0 Å². The monoisotopic (exact) mass is 203 g/mol. The summed E-state index contributed by atoms with van der Waals surface area (Å²) in [4.78, 5) is 0. The van der Waals surface area contributed by atoms with Gasteiger partial charge in [0, 0.05) is 12.8 Å². The molecule has 1 rings (SSSR count). The second kappa shape index (κ2) is 4.67. The Kier molecular flexibility index (Phi) is 3.81. The van der Waals surface area contributed by atoms with Gasteiger partial charge in [-0.25, -0.2) is 0 Å². The van der Waals surface area contributed by atoms with E-state index in [2.05, 4.69) is 29.4 Å². The van der Waals surface area contributed by atoms with Crippen LogP contribution in [0.2, 0.25) is 0 Å². The molecule has 0 aliphatic rings. The molecule has 3 nitrogen and oxygen atoms in total. The molecule has 0 aromatic carbocycles. The molecule has 5 heteroatoms.